The number of benzene rings is 1. The molecule has 6 heteroatoms. The van der Waals surface area contributed by atoms with Crippen LogP contribution in [0.5, 0.6) is 0 Å². The molecule has 2 aromatic heterocycles. The van der Waals surface area contributed by atoms with Crippen molar-refractivity contribution in [1.82, 2.24) is 20.3 Å². The molecule has 2 heterocycles. The van der Waals surface area contributed by atoms with Gasteiger partial charge in [0.05, 0.1) is 28.1 Å². The summed E-state index contributed by atoms with van der Waals surface area (Å²) in [5.41, 5.74) is 3.74. The second kappa shape index (κ2) is 6.73. The Bertz CT molecular complexity index is 843. The molecule has 24 heavy (non-hydrogen) atoms. The van der Waals surface area contributed by atoms with E-state index in [0.29, 0.717) is 12.1 Å². The number of imidazole rings is 1. The molecule has 1 aliphatic carbocycles. The van der Waals surface area contributed by atoms with Crippen LogP contribution in [-0.2, 0) is 19.3 Å². The third-order valence-electron chi connectivity index (χ3n) is 4.43. The Labute approximate surface area is 144 Å². The number of hydrogen-bond donors (Lipinski definition) is 2. The first-order valence-corrected chi connectivity index (χ1v) is 9.30. The molecule has 124 valence electrons. The van der Waals surface area contributed by atoms with E-state index in [-0.39, 0.29) is 5.91 Å². The van der Waals surface area contributed by atoms with Gasteiger partial charge in [-0.25, -0.2) is 9.97 Å². The number of hydrogen-bond acceptors (Lipinski definition) is 4. The molecule has 1 amide bonds. The van der Waals surface area contributed by atoms with Crippen LogP contribution in [-0.4, -0.2) is 27.4 Å². The minimum absolute atomic E-state index is 0.0371. The second-order valence-corrected chi connectivity index (χ2v) is 7.35. The van der Waals surface area contributed by atoms with Gasteiger partial charge in [-0.15, -0.1) is 11.3 Å². The normalized spacial score (nSPS) is 13.8. The van der Waals surface area contributed by atoms with Gasteiger partial charge >= 0.3 is 0 Å². The quantitative estimate of drug-likeness (QED) is 0.700. The number of aromatic nitrogens is 3. The Morgan fingerprint density at radius 1 is 1.29 bits per heavy atom. The van der Waals surface area contributed by atoms with Crippen LogP contribution < -0.4 is 5.32 Å². The number of carbonyl (C=O) groups is 1. The highest BCUT2D eigenvalue weighted by atomic mass is 32.1. The number of aryl methyl sites for hydroxylation is 3. The summed E-state index contributed by atoms with van der Waals surface area (Å²) >= 11 is 1.86. The smallest absolute Gasteiger partial charge is 0.251 e. The van der Waals surface area contributed by atoms with Crippen LogP contribution in [0.3, 0.4) is 0 Å². The lowest BCUT2D eigenvalue weighted by Gasteiger charge is -2.06. The van der Waals surface area contributed by atoms with E-state index in [1.807, 2.05) is 29.5 Å². The van der Waals surface area contributed by atoms with E-state index < -0.39 is 0 Å². The van der Waals surface area contributed by atoms with Crippen LogP contribution in [0.15, 0.2) is 24.5 Å². The van der Waals surface area contributed by atoms with Crippen LogP contribution in [0.1, 0.15) is 45.2 Å². The zero-order valence-corrected chi connectivity index (χ0v) is 14.3. The number of thiazole rings is 1. The highest BCUT2D eigenvalue weighted by Gasteiger charge is 2.14. The average molecular weight is 340 g/mol. The van der Waals surface area contributed by atoms with Gasteiger partial charge in [0.2, 0.25) is 0 Å². The predicted molar refractivity (Wildman–Crippen MR) is 95.5 cm³/mol. The third-order valence-corrected chi connectivity index (χ3v) is 5.64. The summed E-state index contributed by atoms with van der Waals surface area (Å²) in [5.74, 6) is -0.0371. The Morgan fingerprint density at radius 3 is 3.12 bits per heavy atom. The zero-order chi connectivity index (χ0) is 16.4. The summed E-state index contributed by atoms with van der Waals surface area (Å²) in [4.78, 5) is 25.6. The molecular weight excluding hydrogens is 320 g/mol. The fraction of sp³-hybridized carbons (Fsp3) is 0.389. The average Bonchev–Trinajstić information content (AvgIpc) is 3.23. The van der Waals surface area contributed by atoms with Gasteiger partial charge in [-0.3, -0.25) is 4.79 Å². The molecule has 0 saturated carbocycles. The van der Waals surface area contributed by atoms with Gasteiger partial charge in [0.25, 0.3) is 5.91 Å². The molecule has 4 rings (SSSR count). The number of nitrogens with zero attached hydrogens (tertiary/aromatic N) is 2. The van der Waals surface area contributed by atoms with Gasteiger partial charge in [0, 0.05) is 23.4 Å². The third kappa shape index (κ3) is 3.19. The van der Waals surface area contributed by atoms with E-state index in [0.717, 1.165) is 30.3 Å². The maximum atomic E-state index is 12.2. The number of fused-ring (bicyclic) bond motifs is 2. The molecule has 3 aromatic rings. The molecule has 0 bridgehead atoms. The monoisotopic (exact) mass is 340 g/mol. The van der Waals surface area contributed by atoms with E-state index in [2.05, 4.69) is 15.3 Å². The SMILES string of the molecule is O=C(NCCCc1nc2c(s1)CCCC2)c1ccc2nc[nH]c2c1. The molecule has 0 saturated heterocycles. The van der Waals surface area contributed by atoms with Gasteiger partial charge < -0.3 is 10.3 Å². The van der Waals surface area contributed by atoms with Crippen LogP contribution in [0.2, 0.25) is 0 Å². The Morgan fingerprint density at radius 2 is 2.21 bits per heavy atom. The number of rotatable bonds is 5. The highest BCUT2D eigenvalue weighted by Crippen LogP contribution is 2.27. The molecule has 0 atom stereocenters. The fourth-order valence-corrected chi connectivity index (χ4v) is 4.33. The van der Waals surface area contributed by atoms with Crippen molar-refractivity contribution < 1.29 is 4.79 Å². The van der Waals surface area contributed by atoms with Gasteiger partial charge in [-0.2, -0.15) is 0 Å². The minimum Gasteiger partial charge on any atom is -0.352 e. The van der Waals surface area contributed by atoms with E-state index in [1.54, 1.807) is 6.33 Å². The standard InChI is InChI=1S/C18H20N4OS/c23-18(12-7-8-13-15(10-12)21-11-20-13)19-9-3-6-17-22-14-4-1-2-5-16(14)24-17/h7-8,10-11H,1-6,9H2,(H,19,23)(H,20,21). The van der Waals surface area contributed by atoms with Gasteiger partial charge in [-0.1, -0.05) is 0 Å². The largest absolute Gasteiger partial charge is 0.352 e. The zero-order valence-electron chi connectivity index (χ0n) is 13.5. The molecule has 0 aliphatic heterocycles. The second-order valence-electron chi connectivity index (χ2n) is 6.18. The predicted octanol–water partition coefficient (Wildman–Crippen LogP) is 3.26. The van der Waals surface area contributed by atoms with Crippen LogP contribution >= 0.6 is 11.3 Å². The van der Waals surface area contributed by atoms with Crippen molar-refractivity contribution in [2.24, 2.45) is 0 Å². The minimum atomic E-state index is -0.0371. The molecule has 2 N–H and O–H groups in total. The first-order chi connectivity index (χ1) is 11.8. The van der Waals surface area contributed by atoms with Crippen molar-refractivity contribution in [1.29, 1.82) is 0 Å². The number of H-pyrrole nitrogens is 1. The number of amides is 1. The van der Waals surface area contributed by atoms with Crippen molar-refractivity contribution in [2.75, 3.05) is 6.54 Å². The lowest BCUT2D eigenvalue weighted by Crippen LogP contribution is -2.24. The number of aromatic amines is 1. The summed E-state index contributed by atoms with van der Waals surface area (Å²) in [6.45, 7) is 0.671. The maximum absolute atomic E-state index is 12.2. The lowest BCUT2D eigenvalue weighted by molar-refractivity contribution is 0.0953. The first-order valence-electron chi connectivity index (χ1n) is 8.48. The van der Waals surface area contributed by atoms with Crippen molar-refractivity contribution in [3.63, 3.8) is 0 Å². The van der Waals surface area contributed by atoms with Crippen molar-refractivity contribution >= 4 is 28.3 Å². The van der Waals surface area contributed by atoms with Crippen molar-refractivity contribution in [3.05, 3.63) is 45.7 Å². The summed E-state index contributed by atoms with van der Waals surface area (Å²) in [6, 6.07) is 5.51. The van der Waals surface area contributed by atoms with Crippen LogP contribution in [0.25, 0.3) is 11.0 Å². The maximum Gasteiger partial charge on any atom is 0.251 e. The molecule has 0 radical (unpaired) electrons. The summed E-state index contributed by atoms with van der Waals surface area (Å²) in [5, 5.41) is 4.21. The molecule has 1 aromatic carbocycles. The van der Waals surface area contributed by atoms with E-state index in [9.17, 15) is 4.79 Å². The van der Waals surface area contributed by atoms with Gasteiger partial charge in [0.15, 0.2) is 0 Å². The highest BCUT2D eigenvalue weighted by molar-refractivity contribution is 7.11. The number of carbonyl (C=O) groups excluding carboxylic acids is 1. The lowest BCUT2D eigenvalue weighted by atomic mass is 10.0. The summed E-state index contributed by atoms with van der Waals surface area (Å²) < 4.78 is 0. The Kier molecular flexibility index (Phi) is 4.30. The number of nitrogens with one attached hydrogen (secondary N) is 2. The Balaban J connectivity index is 1.29. The fourth-order valence-electron chi connectivity index (χ4n) is 3.13. The molecule has 0 fully saturated rings. The van der Waals surface area contributed by atoms with Gasteiger partial charge in [0.1, 0.15) is 0 Å². The van der Waals surface area contributed by atoms with E-state index in [4.69, 9.17) is 4.98 Å². The molecular formula is C18H20N4OS. The topological polar surface area (TPSA) is 70.7 Å². The van der Waals surface area contributed by atoms with Crippen LogP contribution in [0, 0.1) is 0 Å². The summed E-state index contributed by atoms with van der Waals surface area (Å²) in [7, 11) is 0. The van der Waals surface area contributed by atoms with Crippen molar-refractivity contribution in [3.8, 4) is 0 Å². The Hall–Kier alpha value is -2.21. The van der Waals surface area contributed by atoms with E-state index >= 15 is 0 Å². The molecule has 0 unspecified atom stereocenters. The van der Waals surface area contributed by atoms with Gasteiger partial charge in [-0.05, 0) is 50.3 Å². The van der Waals surface area contributed by atoms with Crippen LogP contribution in [0.4, 0.5) is 0 Å². The first kappa shape index (κ1) is 15.3. The van der Waals surface area contributed by atoms with Crippen molar-refractivity contribution in [2.45, 2.75) is 38.5 Å². The summed E-state index contributed by atoms with van der Waals surface area (Å²) in [6.07, 6.45) is 8.40. The molecule has 0 spiro atoms. The van der Waals surface area contributed by atoms with E-state index in [1.165, 1.54) is 34.8 Å². The molecule has 5 nitrogen and oxygen atoms in total. The molecule has 1 aliphatic rings.